The molecule has 1 aromatic carbocycles. The number of rotatable bonds is 11. The van der Waals surface area contributed by atoms with Crippen molar-refractivity contribution >= 4 is 0 Å². The topological polar surface area (TPSA) is 30.5 Å². The summed E-state index contributed by atoms with van der Waals surface area (Å²) < 4.78 is 11.3. The summed E-state index contributed by atoms with van der Waals surface area (Å²) in [6.07, 6.45) is 6.30. The van der Waals surface area contributed by atoms with Crippen LogP contribution < -0.4 is 14.8 Å². The molecule has 3 heteroatoms. The predicted molar refractivity (Wildman–Crippen MR) is 89.2 cm³/mol. The average Bonchev–Trinajstić information content (AvgIpc) is 2.49. The number of hydrogen-bond acceptors (Lipinski definition) is 3. The molecule has 0 saturated heterocycles. The minimum absolute atomic E-state index is 0.457. The normalized spacial score (nSPS) is 10.9. The lowest BCUT2D eigenvalue weighted by Gasteiger charge is -2.15. The maximum Gasteiger partial charge on any atom is 0.124 e. The largest absolute Gasteiger partial charge is 0.497 e. The van der Waals surface area contributed by atoms with Crippen LogP contribution in [0.15, 0.2) is 18.2 Å². The monoisotopic (exact) mass is 293 g/mol. The van der Waals surface area contributed by atoms with E-state index in [0.29, 0.717) is 6.04 Å². The van der Waals surface area contributed by atoms with E-state index in [4.69, 9.17) is 9.47 Å². The number of nitrogens with one attached hydrogen (secondary N) is 1. The van der Waals surface area contributed by atoms with Gasteiger partial charge in [0, 0.05) is 18.2 Å². The predicted octanol–water partition coefficient (Wildman–Crippen LogP) is 4.54. The van der Waals surface area contributed by atoms with Gasteiger partial charge in [-0.1, -0.05) is 46.5 Å². The van der Waals surface area contributed by atoms with E-state index in [-0.39, 0.29) is 0 Å². The first-order valence-electron chi connectivity index (χ1n) is 8.20. The lowest BCUT2D eigenvalue weighted by molar-refractivity contribution is 0.299. The zero-order chi connectivity index (χ0) is 15.5. The van der Waals surface area contributed by atoms with Crippen LogP contribution in [0.1, 0.15) is 58.4 Å². The fourth-order valence-corrected chi connectivity index (χ4v) is 2.16. The van der Waals surface area contributed by atoms with Gasteiger partial charge in [-0.25, -0.2) is 0 Å². The molecule has 0 amide bonds. The van der Waals surface area contributed by atoms with E-state index < -0.39 is 0 Å². The van der Waals surface area contributed by atoms with Crippen LogP contribution in [-0.4, -0.2) is 19.8 Å². The average molecular weight is 293 g/mol. The molecule has 120 valence electrons. The summed E-state index contributed by atoms with van der Waals surface area (Å²) in [5.41, 5.74) is 1.16. The van der Waals surface area contributed by atoms with Crippen LogP contribution in [0.4, 0.5) is 0 Å². The Balaban J connectivity index is 2.50. The molecule has 0 radical (unpaired) electrons. The second kappa shape index (κ2) is 10.5. The molecule has 0 fully saturated rings. The zero-order valence-corrected chi connectivity index (χ0v) is 14.1. The van der Waals surface area contributed by atoms with Crippen molar-refractivity contribution in [1.82, 2.24) is 5.32 Å². The van der Waals surface area contributed by atoms with Crippen LogP contribution in [0.5, 0.6) is 11.5 Å². The van der Waals surface area contributed by atoms with E-state index in [1.807, 2.05) is 12.1 Å². The molecule has 0 spiro atoms. The summed E-state index contributed by atoms with van der Waals surface area (Å²) in [5.74, 6) is 1.85. The Labute approximate surface area is 130 Å². The summed E-state index contributed by atoms with van der Waals surface area (Å²) >= 11 is 0. The third-order valence-corrected chi connectivity index (χ3v) is 3.47. The Kier molecular flexibility index (Phi) is 8.91. The third-order valence-electron chi connectivity index (χ3n) is 3.47. The second-order valence-corrected chi connectivity index (χ2v) is 5.77. The van der Waals surface area contributed by atoms with Crippen molar-refractivity contribution in [1.29, 1.82) is 0 Å². The van der Waals surface area contributed by atoms with Crippen LogP contribution in [-0.2, 0) is 6.54 Å². The van der Waals surface area contributed by atoms with Crippen molar-refractivity contribution < 1.29 is 9.47 Å². The summed E-state index contributed by atoms with van der Waals surface area (Å²) in [5, 5.41) is 3.44. The van der Waals surface area contributed by atoms with E-state index in [9.17, 15) is 0 Å². The quantitative estimate of drug-likeness (QED) is 0.607. The van der Waals surface area contributed by atoms with Crippen molar-refractivity contribution in [3.8, 4) is 11.5 Å². The smallest absolute Gasteiger partial charge is 0.124 e. The van der Waals surface area contributed by atoms with Crippen molar-refractivity contribution in [2.45, 2.75) is 65.5 Å². The molecule has 0 unspecified atom stereocenters. The van der Waals surface area contributed by atoms with Crippen molar-refractivity contribution in [3.63, 3.8) is 0 Å². The lowest BCUT2D eigenvalue weighted by atomic mass is 10.1. The fourth-order valence-electron chi connectivity index (χ4n) is 2.16. The molecule has 21 heavy (non-hydrogen) atoms. The van der Waals surface area contributed by atoms with Crippen LogP contribution >= 0.6 is 0 Å². The Morgan fingerprint density at radius 3 is 2.52 bits per heavy atom. The van der Waals surface area contributed by atoms with Crippen LogP contribution in [0.2, 0.25) is 0 Å². The summed E-state index contributed by atoms with van der Waals surface area (Å²) in [4.78, 5) is 0. The molecule has 0 saturated carbocycles. The minimum Gasteiger partial charge on any atom is -0.497 e. The van der Waals surface area contributed by atoms with Crippen molar-refractivity contribution in [2.75, 3.05) is 13.7 Å². The van der Waals surface area contributed by atoms with E-state index in [1.165, 1.54) is 25.7 Å². The molecule has 0 aliphatic rings. The number of unbranched alkanes of at least 4 members (excludes halogenated alkanes) is 4. The lowest BCUT2D eigenvalue weighted by Crippen LogP contribution is -2.22. The van der Waals surface area contributed by atoms with Gasteiger partial charge < -0.3 is 14.8 Å². The molecule has 0 aromatic heterocycles. The standard InChI is InChI=1S/C18H31NO2/c1-5-6-7-8-9-12-21-18-11-10-17(20-4)13-16(18)14-19-15(2)3/h10-11,13,15,19H,5-9,12,14H2,1-4H3. The van der Waals surface area contributed by atoms with Gasteiger partial charge >= 0.3 is 0 Å². The summed E-state index contributed by atoms with van der Waals surface area (Å²) in [7, 11) is 1.70. The zero-order valence-electron chi connectivity index (χ0n) is 14.1. The molecular weight excluding hydrogens is 262 g/mol. The highest BCUT2D eigenvalue weighted by molar-refractivity contribution is 5.40. The SMILES string of the molecule is CCCCCCCOc1ccc(OC)cc1CNC(C)C. The van der Waals surface area contributed by atoms with Crippen LogP contribution in [0.25, 0.3) is 0 Å². The molecule has 1 N–H and O–H groups in total. The molecule has 0 aliphatic carbocycles. The van der Waals surface area contributed by atoms with Gasteiger partial charge in [-0.3, -0.25) is 0 Å². The van der Waals surface area contributed by atoms with E-state index in [2.05, 4.69) is 32.2 Å². The maximum absolute atomic E-state index is 5.95. The first-order valence-corrected chi connectivity index (χ1v) is 8.20. The van der Waals surface area contributed by atoms with Gasteiger partial charge in [0.15, 0.2) is 0 Å². The van der Waals surface area contributed by atoms with Crippen molar-refractivity contribution in [2.24, 2.45) is 0 Å². The van der Waals surface area contributed by atoms with Gasteiger partial charge in [-0.05, 0) is 24.6 Å². The van der Waals surface area contributed by atoms with E-state index >= 15 is 0 Å². The molecule has 0 atom stereocenters. The van der Waals surface area contributed by atoms with Gasteiger partial charge in [0.05, 0.1) is 13.7 Å². The maximum atomic E-state index is 5.95. The van der Waals surface area contributed by atoms with Crippen LogP contribution in [0, 0.1) is 0 Å². The van der Waals surface area contributed by atoms with Gasteiger partial charge in [-0.15, -0.1) is 0 Å². The number of hydrogen-bond donors (Lipinski definition) is 1. The molecule has 0 heterocycles. The Morgan fingerprint density at radius 1 is 1.10 bits per heavy atom. The van der Waals surface area contributed by atoms with Gasteiger partial charge in [-0.2, -0.15) is 0 Å². The molecule has 1 aromatic rings. The number of benzene rings is 1. The summed E-state index contributed by atoms with van der Waals surface area (Å²) in [6, 6.07) is 6.49. The van der Waals surface area contributed by atoms with E-state index in [0.717, 1.165) is 36.6 Å². The molecule has 3 nitrogen and oxygen atoms in total. The first kappa shape index (κ1) is 17.8. The highest BCUT2D eigenvalue weighted by Gasteiger charge is 2.06. The highest BCUT2D eigenvalue weighted by Crippen LogP contribution is 2.24. The molecule has 1 rings (SSSR count). The Bertz CT molecular complexity index is 391. The number of methoxy groups -OCH3 is 1. The minimum atomic E-state index is 0.457. The van der Waals surface area contributed by atoms with Crippen LogP contribution in [0.3, 0.4) is 0 Å². The second-order valence-electron chi connectivity index (χ2n) is 5.77. The first-order chi connectivity index (χ1) is 10.2. The Hall–Kier alpha value is -1.22. The molecular formula is C18H31NO2. The Morgan fingerprint density at radius 2 is 1.86 bits per heavy atom. The summed E-state index contributed by atoms with van der Waals surface area (Å²) in [6.45, 7) is 8.13. The van der Waals surface area contributed by atoms with Gasteiger partial charge in [0.1, 0.15) is 11.5 Å². The van der Waals surface area contributed by atoms with Gasteiger partial charge in [0.25, 0.3) is 0 Å². The van der Waals surface area contributed by atoms with E-state index in [1.54, 1.807) is 7.11 Å². The fraction of sp³-hybridized carbons (Fsp3) is 0.667. The third kappa shape index (κ3) is 7.37. The molecule has 0 bridgehead atoms. The van der Waals surface area contributed by atoms with Gasteiger partial charge in [0.2, 0.25) is 0 Å². The highest BCUT2D eigenvalue weighted by atomic mass is 16.5. The number of ether oxygens (including phenoxy) is 2. The molecule has 0 aliphatic heterocycles. The van der Waals surface area contributed by atoms with Crippen molar-refractivity contribution in [3.05, 3.63) is 23.8 Å².